The molecule has 1 saturated carbocycles. The highest BCUT2D eigenvalue weighted by molar-refractivity contribution is 5.96. The molecule has 0 aliphatic heterocycles. The van der Waals surface area contributed by atoms with Crippen molar-refractivity contribution in [3.8, 4) is 0 Å². The molecule has 1 aliphatic carbocycles. The number of benzene rings is 1. The van der Waals surface area contributed by atoms with Crippen LogP contribution in [0.1, 0.15) is 53.9 Å². The smallest absolute Gasteiger partial charge is 0.328 e. The number of nitrogens with one attached hydrogen (secondary N) is 1. The van der Waals surface area contributed by atoms with E-state index in [-0.39, 0.29) is 0 Å². The van der Waals surface area contributed by atoms with Gasteiger partial charge in [-0.3, -0.25) is 4.79 Å². The fourth-order valence-electron chi connectivity index (χ4n) is 2.75. The topological polar surface area (TPSA) is 66.4 Å². The van der Waals surface area contributed by atoms with Crippen LogP contribution >= 0.6 is 0 Å². The van der Waals surface area contributed by atoms with Crippen LogP contribution in [0.2, 0.25) is 0 Å². The summed E-state index contributed by atoms with van der Waals surface area (Å²) in [6, 6.07) is 5.69. The Morgan fingerprint density at radius 1 is 1.19 bits per heavy atom. The SMILES string of the molecule is O=C(NC(CF)C(=O)O)c1ccc(C2CCCCC2)cc1. The zero-order chi connectivity index (χ0) is 15.2. The van der Waals surface area contributed by atoms with Crippen LogP contribution in [0.15, 0.2) is 24.3 Å². The van der Waals surface area contributed by atoms with Crippen LogP contribution < -0.4 is 5.32 Å². The van der Waals surface area contributed by atoms with Crippen molar-refractivity contribution in [1.29, 1.82) is 0 Å². The van der Waals surface area contributed by atoms with Gasteiger partial charge in [0.05, 0.1) is 0 Å². The Kier molecular flexibility index (Phi) is 5.31. The van der Waals surface area contributed by atoms with Gasteiger partial charge < -0.3 is 10.4 Å². The fourth-order valence-corrected chi connectivity index (χ4v) is 2.75. The third-order valence-corrected chi connectivity index (χ3v) is 4.01. The first-order chi connectivity index (χ1) is 10.1. The van der Waals surface area contributed by atoms with Crippen LogP contribution in [-0.2, 0) is 4.79 Å². The molecule has 0 spiro atoms. The molecule has 1 atom stereocenters. The standard InChI is InChI=1S/C16H20FNO3/c17-10-14(16(20)21)18-15(19)13-8-6-12(7-9-13)11-4-2-1-3-5-11/h6-9,11,14H,1-5,10H2,(H,18,19)(H,20,21). The normalized spacial score (nSPS) is 17.2. The number of carboxylic acids is 1. The minimum atomic E-state index is -1.49. The van der Waals surface area contributed by atoms with Crippen molar-refractivity contribution < 1.29 is 19.1 Å². The summed E-state index contributed by atoms with van der Waals surface area (Å²) >= 11 is 0. The first-order valence-corrected chi connectivity index (χ1v) is 7.31. The molecule has 0 bridgehead atoms. The third-order valence-electron chi connectivity index (χ3n) is 4.01. The Hall–Kier alpha value is -1.91. The molecule has 1 aromatic rings. The van der Waals surface area contributed by atoms with Gasteiger partial charge in [0.2, 0.25) is 0 Å². The van der Waals surface area contributed by atoms with Gasteiger partial charge in [0.15, 0.2) is 6.04 Å². The number of carboxylic acid groups (broad SMARTS) is 1. The fraction of sp³-hybridized carbons (Fsp3) is 0.500. The highest BCUT2D eigenvalue weighted by atomic mass is 19.1. The van der Waals surface area contributed by atoms with Crippen LogP contribution in [0.4, 0.5) is 4.39 Å². The lowest BCUT2D eigenvalue weighted by Crippen LogP contribution is -2.42. The summed E-state index contributed by atoms with van der Waals surface area (Å²) in [4.78, 5) is 22.6. The number of carbonyl (C=O) groups excluding carboxylic acids is 1. The van der Waals surface area contributed by atoms with Crippen molar-refractivity contribution in [2.24, 2.45) is 0 Å². The number of hydrogen-bond acceptors (Lipinski definition) is 2. The van der Waals surface area contributed by atoms with E-state index < -0.39 is 24.6 Å². The van der Waals surface area contributed by atoms with Crippen molar-refractivity contribution in [1.82, 2.24) is 5.32 Å². The molecule has 2 N–H and O–H groups in total. The second-order valence-corrected chi connectivity index (χ2v) is 5.48. The van der Waals surface area contributed by atoms with E-state index >= 15 is 0 Å². The second-order valence-electron chi connectivity index (χ2n) is 5.48. The molecule has 1 amide bonds. The van der Waals surface area contributed by atoms with E-state index in [1.54, 1.807) is 12.1 Å². The third kappa shape index (κ3) is 4.03. The van der Waals surface area contributed by atoms with E-state index in [1.807, 2.05) is 12.1 Å². The average molecular weight is 293 g/mol. The molecule has 0 heterocycles. The van der Waals surface area contributed by atoms with Gasteiger partial charge in [-0.1, -0.05) is 31.4 Å². The molecule has 2 rings (SSSR count). The lowest BCUT2D eigenvalue weighted by Gasteiger charge is -2.22. The van der Waals surface area contributed by atoms with E-state index in [2.05, 4.69) is 5.32 Å². The molecule has 1 aliphatic rings. The van der Waals surface area contributed by atoms with Crippen molar-refractivity contribution in [2.75, 3.05) is 6.67 Å². The zero-order valence-electron chi connectivity index (χ0n) is 11.8. The monoisotopic (exact) mass is 293 g/mol. The minimum Gasteiger partial charge on any atom is -0.480 e. The Morgan fingerprint density at radius 3 is 2.33 bits per heavy atom. The summed E-state index contributed by atoms with van der Waals surface area (Å²) in [6.45, 7) is -1.12. The molecule has 0 aromatic heterocycles. The van der Waals surface area contributed by atoms with Gasteiger partial charge >= 0.3 is 5.97 Å². The maximum atomic E-state index is 12.5. The van der Waals surface area contributed by atoms with Gasteiger partial charge in [-0.15, -0.1) is 0 Å². The van der Waals surface area contributed by atoms with E-state index in [9.17, 15) is 14.0 Å². The van der Waals surface area contributed by atoms with E-state index in [1.165, 1.54) is 37.7 Å². The van der Waals surface area contributed by atoms with Crippen LogP contribution in [0.5, 0.6) is 0 Å². The number of carbonyl (C=O) groups is 2. The van der Waals surface area contributed by atoms with Crippen LogP contribution in [0.3, 0.4) is 0 Å². The van der Waals surface area contributed by atoms with Gasteiger partial charge in [-0.05, 0) is 36.5 Å². The number of alkyl halides is 1. The Bertz CT molecular complexity index is 495. The molecule has 0 saturated heterocycles. The second kappa shape index (κ2) is 7.20. The maximum absolute atomic E-state index is 12.5. The lowest BCUT2D eigenvalue weighted by molar-refractivity contribution is -0.139. The summed E-state index contributed by atoms with van der Waals surface area (Å²) in [5.41, 5.74) is 1.57. The highest BCUT2D eigenvalue weighted by Crippen LogP contribution is 2.32. The predicted molar refractivity (Wildman–Crippen MR) is 77.1 cm³/mol. The number of amides is 1. The quantitative estimate of drug-likeness (QED) is 0.877. The molecule has 21 heavy (non-hydrogen) atoms. The van der Waals surface area contributed by atoms with E-state index in [0.717, 1.165) is 0 Å². The first kappa shape index (κ1) is 15.5. The molecular formula is C16H20FNO3. The van der Waals surface area contributed by atoms with Crippen molar-refractivity contribution >= 4 is 11.9 Å². The predicted octanol–water partition coefficient (Wildman–Crippen LogP) is 2.89. The summed E-state index contributed by atoms with van der Waals surface area (Å²) < 4.78 is 12.5. The minimum absolute atomic E-state index is 0.356. The summed E-state index contributed by atoms with van der Waals surface area (Å²) in [5, 5.41) is 10.9. The Labute approximate surface area is 123 Å². The molecule has 1 unspecified atom stereocenters. The largest absolute Gasteiger partial charge is 0.480 e. The molecule has 114 valence electrons. The molecule has 5 heteroatoms. The van der Waals surface area contributed by atoms with Crippen molar-refractivity contribution in [3.05, 3.63) is 35.4 Å². The maximum Gasteiger partial charge on any atom is 0.328 e. The molecule has 0 radical (unpaired) electrons. The summed E-state index contributed by atoms with van der Waals surface area (Å²) in [6.07, 6.45) is 6.12. The Balaban J connectivity index is 2.00. The van der Waals surface area contributed by atoms with Crippen LogP contribution in [0, 0.1) is 0 Å². The van der Waals surface area contributed by atoms with Crippen LogP contribution in [0.25, 0.3) is 0 Å². The van der Waals surface area contributed by atoms with Gasteiger partial charge in [0.25, 0.3) is 5.91 Å². The zero-order valence-corrected chi connectivity index (χ0v) is 11.8. The summed E-state index contributed by atoms with van der Waals surface area (Å²) in [7, 11) is 0. The van der Waals surface area contributed by atoms with Crippen molar-refractivity contribution in [2.45, 2.75) is 44.1 Å². The highest BCUT2D eigenvalue weighted by Gasteiger charge is 2.21. The number of rotatable bonds is 5. The molecule has 1 fully saturated rings. The summed E-state index contributed by atoms with van der Waals surface area (Å²) in [5.74, 6) is -1.38. The molecular weight excluding hydrogens is 273 g/mol. The number of halogens is 1. The van der Waals surface area contributed by atoms with Gasteiger partial charge in [0.1, 0.15) is 6.67 Å². The van der Waals surface area contributed by atoms with E-state index in [0.29, 0.717) is 11.5 Å². The Morgan fingerprint density at radius 2 is 1.81 bits per heavy atom. The van der Waals surface area contributed by atoms with Gasteiger partial charge in [0, 0.05) is 5.56 Å². The van der Waals surface area contributed by atoms with Crippen LogP contribution in [-0.4, -0.2) is 29.7 Å². The van der Waals surface area contributed by atoms with E-state index in [4.69, 9.17) is 5.11 Å². The van der Waals surface area contributed by atoms with Gasteiger partial charge in [-0.2, -0.15) is 0 Å². The van der Waals surface area contributed by atoms with Gasteiger partial charge in [-0.25, -0.2) is 9.18 Å². The number of hydrogen-bond donors (Lipinski definition) is 2. The molecule has 1 aromatic carbocycles. The lowest BCUT2D eigenvalue weighted by atomic mass is 9.84. The first-order valence-electron chi connectivity index (χ1n) is 7.31. The average Bonchev–Trinajstić information content (AvgIpc) is 2.53. The van der Waals surface area contributed by atoms with Crippen molar-refractivity contribution in [3.63, 3.8) is 0 Å². The molecule has 4 nitrogen and oxygen atoms in total. The number of aliphatic carboxylic acids is 1.